The molecule has 154 valence electrons. The molecule has 4 aliphatic rings. The number of ether oxygens (including phenoxy) is 1. The van der Waals surface area contributed by atoms with E-state index in [0.717, 1.165) is 11.1 Å². The summed E-state index contributed by atoms with van der Waals surface area (Å²) < 4.78 is 5.99. The number of aryl methyl sites for hydroxylation is 1. The monoisotopic (exact) mass is 397 g/mol. The molecule has 1 aromatic carbocycles. The summed E-state index contributed by atoms with van der Waals surface area (Å²) in [6.45, 7) is 4.98. The zero-order valence-corrected chi connectivity index (χ0v) is 16.8. The summed E-state index contributed by atoms with van der Waals surface area (Å²) in [5.41, 5.74) is 1.14. The molecule has 0 aromatic heterocycles. The van der Waals surface area contributed by atoms with Gasteiger partial charge in [-0.3, -0.25) is 14.4 Å². The van der Waals surface area contributed by atoms with Crippen LogP contribution in [-0.2, 0) is 14.3 Å². The number of hydrogen-bond acceptors (Lipinski definition) is 4. The molecule has 0 radical (unpaired) electrons. The van der Waals surface area contributed by atoms with Crippen LogP contribution < -0.4 is 0 Å². The number of piperidine rings is 1. The molecule has 0 unspecified atom stereocenters. The minimum atomic E-state index is -0.575. The second kappa shape index (κ2) is 6.83. The minimum absolute atomic E-state index is 0.0468. The molecule has 5 rings (SSSR count). The lowest BCUT2D eigenvalue weighted by Gasteiger charge is -2.36. The normalized spacial score (nSPS) is 29.3. The first-order chi connectivity index (χ1) is 14.0. The van der Waals surface area contributed by atoms with E-state index < -0.39 is 5.72 Å². The van der Waals surface area contributed by atoms with Crippen molar-refractivity contribution in [2.24, 2.45) is 5.92 Å². The van der Waals surface area contributed by atoms with Gasteiger partial charge in [0.25, 0.3) is 5.91 Å². The zero-order valence-electron chi connectivity index (χ0n) is 16.8. The molecule has 7 heteroatoms. The maximum Gasteiger partial charge on any atom is 0.254 e. The van der Waals surface area contributed by atoms with Gasteiger partial charge in [-0.1, -0.05) is 18.2 Å². The molecule has 0 aliphatic carbocycles. The summed E-state index contributed by atoms with van der Waals surface area (Å²) in [6.07, 6.45) is 2.42. The molecule has 4 heterocycles. The molecular weight excluding hydrogens is 370 g/mol. The molecule has 0 saturated carbocycles. The fraction of sp³-hybridized carbons (Fsp3) is 0.591. The summed E-state index contributed by atoms with van der Waals surface area (Å²) in [5, 5.41) is 0. The number of carbonyl (C=O) groups is 3. The van der Waals surface area contributed by atoms with E-state index in [4.69, 9.17) is 4.74 Å². The van der Waals surface area contributed by atoms with E-state index in [-0.39, 0.29) is 29.7 Å². The van der Waals surface area contributed by atoms with Crippen molar-refractivity contribution in [3.63, 3.8) is 0 Å². The summed E-state index contributed by atoms with van der Waals surface area (Å²) in [6, 6.07) is 7.48. The van der Waals surface area contributed by atoms with Gasteiger partial charge in [0, 0.05) is 44.1 Å². The second-order valence-corrected chi connectivity index (χ2v) is 8.62. The van der Waals surface area contributed by atoms with Crippen molar-refractivity contribution < 1.29 is 19.1 Å². The van der Waals surface area contributed by atoms with Crippen LogP contribution in [0.1, 0.15) is 41.6 Å². The highest BCUT2D eigenvalue weighted by Gasteiger charge is 2.63. The fourth-order valence-electron chi connectivity index (χ4n) is 5.60. The summed E-state index contributed by atoms with van der Waals surface area (Å²) in [5.74, 6) is 0.186. The van der Waals surface area contributed by atoms with Crippen LogP contribution in [0.25, 0.3) is 0 Å². The van der Waals surface area contributed by atoms with Gasteiger partial charge < -0.3 is 19.4 Å². The number of amides is 3. The molecule has 1 spiro atoms. The van der Waals surface area contributed by atoms with E-state index in [1.807, 2.05) is 45.9 Å². The fourth-order valence-corrected chi connectivity index (χ4v) is 5.60. The number of rotatable bonds is 2. The lowest BCUT2D eigenvalue weighted by Crippen LogP contribution is -2.51. The number of likely N-dealkylation sites (tertiary alicyclic amines) is 2. The highest BCUT2D eigenvalue weighted by Crippen LogP contribution is 2.46. The van der Waals surface area contributed by atoms with Crippen LogP contribution >= 0.6 is 0 Å². The van der Waals surface area contributed by atoms with Gasteiger partial charge in [0.15, 0.2) is 5.72 Å². The van der Waals surface area contributed by atoms with E-state index in [1.165, 1.54) is 0 Å². The largest absolute Gasteiger partial charge is 0.351 e. The molecule has 7 nitrogen and oxygen atoms in total. The number of nitrogens with zero attached hydrogens (tertiary/aromatic N) is 3. The predicted octanol–water partition coefficient (Wildman–Crippen LogP) is 1.41. The SMILES string of the molecule is Cc1ccccc1C(=O)N1CCC(C(=O)N2CC[C@@]34OCCN3C(=O)C[C@@H]24)CC1. The molecule has 0 bridgehead atoms. The Morgan fingerprint density at radius 3 is 2.62 bits per heavy atom. The Morgan fingerprint density at radius 2 is 1.86 bits per heavy atom. The van der Waals surface area contributed by atoms with Crippen LogP contribution in [0.3, 0.4) is 0 Å². The Bertz CT molecular complexity index is 863. The third-order valence-corrected chi connectivity index (χ3v) is 7.19. The lowest BCUT2D eigenvalue weighted by molar-refractivity contribution is -0.143. The van der Waals surface area contributed by atoms with Crippen LogP contribution in [0.4, 0.5) is 0 Å². The van der Waals surface area contributed by atoms with Gasteiger partial charge in [0.2, 0.25) is 11.8 Å². The first-order valence-corrected chi connectivity index (χ1v) is 10.6. The first kappa shape index (κ1) is 18.6. The average Bonchev–Trinajstić information content (AvgIpc) is 3.38. The van der Waals surface area contributed by atoms with E-state index in [1.54, 1.807) is 0 Å². The van der Waals surface area contributed by atoms with E-state index in [2.05, 4.69) is 0 Å². The number of benzene rings is 1. The van der Waals surface area contributed by atoms with Gasteiger partial charge in [-0.2, -0.15) is 0 Å². The Hall–Kier alpha value is -2.41. The minimum Gasteiger partial charge on any atom is -0.351 e. The van der Waals surface area contributed by atoms with Crippen molar-refractivity contribution in [3.8, 4) is 0 Å². The molecule has 0 N–H and O–H groups in total. The molecule has 1 aromatic rings. The summed E-state index contributed by atoms with van der Waals surface area (Å²) in [4.78, 5) is 44.1. The Morgan fingerprint density at radius 1 is 1.10 bits per heavy atom. The lowest BCUT2D eigenvalue weighted by atomic mass is 9.93. The van der Waals surface area contributed by atoms with Gasteiger partial charge in [0.1, 0.15) is 0 Å². The molecule has 29 heavy (non-hydrogen) atoms. The van der Waals surface area contributed by atoms with Crippen LogP contribution in [0.2, 0.25) is 0 Å². The molecule has 2 atom stereocenters. The number of hydrogen-bond donors (Lipinski definition) is 0. The van der Waals surface area contributed by atoms with E-state index in [9.17, 15) is 14.4 Å². The van der Waals surface area contributed by atoms with Gasteiger partial charge >= 0.3 is 0 Å². The molecule has 4 aliphatic heterocycles. The summed E-state index contributed by atoms with van der Waals surface area (Å²) >= 11 is 0. The zero-order chi connectivity index (χ0) is 20.2. The van der Waals surface area contributed by atoms with E-state index in [0.29, 0.717) is 58.5 Å². The van der Waals surface area contributed by atoms with Crippen molar-refractivity contribution in [1.29, 1.82) is 0 Å². The molecule has 4 fully saturated rings. The third-order valence-electron chi connectivity index (χ3n) is 7.19. The predicted molar refractivity (Wildman–Crippen MR) is 105 cm³/mol. The van der Waals surface area contributed by atoms with Crippen molar-refractivity contribution in [2.45, 2.75) is 44.4 Å². The first-order valence-electron chi connectivity index (χ1n) is 10.6. The quantitative estimate of drug-likeness (QED) is 0.757. The Kier molecular flexibility index (Phi) is 4.38. The number of carbonyl (C=O) groups excluding carboxylic acids is 3. The maximum atomic E-state index is 13.3. The molecule has 4 saturated heterocycles. The van der Waals surface area contributed by atoms with Crippen LogP contribution in [0, 0.1) is 12.8 Å². The molecular formula is C22H27N3O4. The van der Waals surface area contributed by atoms with Crippen molar-refractivity contribution >= 4 is 17.7 Å². The van der Waals surface area contributed by atoms with Crippen LogP contribution in [0.5, 0.6) is 0 Å². The highest BCUT2D eigenvalue weighted by atomic mass is 16.5. The van der Waals surface area contributed by atoms with Crippen LogP contribution in [-0.4, -0.2) is 77.0 Å². The highest BCUT2D eigenvalue weighted by molar-refractivity contribution is 5.95. The smallest absolute Gasteiger partial charge is 0.254 e. The maximum absolute atomic E-state index is 13.3. The van der Waals surface area contributed by atoms with Crippen LogP contribution in [0.15, 0.2) is 24.3 Å². The topological polar surface area (TPSA) is 70.2 Å². The van der Waals surface area contributed by atoms with Gasteiger partial charge in [0.05, 0.1) is 19.1 Å². The third kappa shape index (κ3) is 2.78. The van der Waals surface area contributed by atoms with Crippen molar-refractivity contribution in [1.82, 2.24) is 14.7 Å². The Balaban J connectivity index is 1.24. The average molecular weight is 397 g/mol. The molecule has 3 amide bonds. The van der Waals surface area contributed by atoms with E-state index >= 15 is 0 Å². The second-order valence-electron chi connectivity index (χ2n) is 8.62. The van der Waals surface area contributed by atoms with Gasteiger partial charge in [-0.15, -0.1) is 0 Å². The van der Waals surface area contributed by atoms with Crippen molar-refractivity contribution in [3.05, 3.63) is 35.4 Å². The Labute approximate surface area is 170 Å². The summed E-state index contributed by atoms with van der Waals surface area (Å²) in [7, 11) is 0. The standard InChI is InChI=1S/C22H27N3O4/c1-15-4-2-3-5-17(15)21(28)23-9-6-16(7-10-23)20(27)24-11-8-22-18(24)14-19(26)25(22)12-13-29-22/h2-5,16,18H,6-14H2,1H3/t18-,22+/m1/s1. The van der Waals surface area contributed by atoms with Gasteiger partial charge in [-0.05, 0) is 31.4 Å². The van der Waals surface area contributed by atoms with Gasteiger partial charge in [-0.25, -0.2) is 0 Å². The van der Waals surface area contributed by atoms with Crippen molar-refractivity contribution in [2.75, 3.05) is 32.8 Å².